The lowest BCUT2D eigenvalue weighted by atomic mass is 10.00. The lowest BCUT2D eigenvalue weighted by Gasteiger charge is -2.12. The molecule has 0 saturated heterocycles. The molecule has 1 aromatic carbocycles. The minimum atomic E-state index is 0.0806. The summed E-state index contributed by atoms with van der Waals surface area (Å²) in [6.45, 7) is 2.08. The van der Waals surface area contributed by atoms with Crippen molar-refractivity contribution in [3.63, 3.8) is 0 Å². The molecular weight excluding hydrogens is 290 g/mol. The Morgan fingerprint density at radius 1 is 1.44 bits per heavy atom. The van der Waals surface area contributed by atoms with Gasteiger partial charge in [0.25, 0.3) is 0 Å². The molecule has 2 N–H and O–H groups in total. The topological polar surface area (TPSA) is 43.8 Å². The lowest BCUT2D eigenvalue weighted by molar-refractivity contribution is 0.650. The van der Waals surface area contributed by atoms with Gasteiger partial charge in [0.15, 0.2) is 0 Å². The SMILES string of the molecule is Cc1cc(C(N)CCc2cnn(C)c2)ccc1Br. The predicted molar refractivity (Wildman–Crippen MR) is 77.3 cm³/mol. The molecule has 1 atom stereocenters. The average molecular weight is 308 g/mol. The van der Waals surface area contributed by atoms with Crippen molar-refractivity contribution in [2.75, 3.05) is 0 Å². The van der Waals surface area contributed by atoms with Gasteiger partial charge in [-0.05, 0) is 42.5 Å². The Labute approximate surface area is 116 Å². The number of rotatable bonds is 4. The normalized spacial score (nSPS) is 12.7. The summed E-state index contributed by atoms with van der Waals surface area (Å²) in [5.41, 5.74) is 9.88. The van der Waals surface area contributed by atoms with Crippen LogP contribution >= 0.6 is 15.9 Å². The number of nitrogens with zero attached hydrogens (tertiary/aromatic N) is 2. The van der Waals surface area contributed by atoms with Crippen LogP contribution in [0.25, 0.3) is 0 Å². The predicted octanol–water partition coefficient (Wildman–Crippen LogP) is 3.12. The summed E-state index contributed by atoms with van der Waals surface area (Å²) in [6.07, 6.45) is 5.84. The fourth-order valence-corrected chi connectivity index (χ4v) is 2.23. The first-order valence-electron chi connectivity index (χ1n) is 6.05. The standard InChI is InChI=1S/C14H18BrN3/c1-10-7-12(4-5-13(10)15)14(16)6-3-11-8-17-18(2)9-11/h4-5,7-9,14H,3,6,16H2,1-2H3. The molecule has 0 saturated carbocycles. The molecule has 0 amide bonds. The molecule has 1 unspecified atom stereocenters. The van der Waals surface area contributed by atoms with Crippen molar-refractivity contribution in [3.8, 4) is 0 Å². The monoisotopic (exact) mass is 307 g/mol. The molecule has 96 valence electrons. The van der Waals surface area contributed by atoms with Crippen LogP contribution in [-0.2, 0) is 13.5 Å². The van der Waals surface area contributed by atoms with E-state index >= 15 is 0 Å². The van der Waals surface area contributed by atoms with Crippen molar-refractivity contribution in [2.45, 2.75) is 25.8 Å². The van der Waals surface area contributed by atoms with E-state index in [-0.39, 0.29) is 6.04 Å². The first-order valence-corrected chi connectivity index (χ1v) is 6.84. The second kappa shape index (κ2) is 5.67. The fraction of sp³-hybridized carbons (Fsp3) is 0.357. The van der Waals surface area contributed by atoms with Gasteiger partial charge >= 0.3 is 0 Å². The largest absolute Gasteiger partial charge is 0.324 e. The van der Waals surface area contributed by atoms with E-state index in [0.717, 1.165) is 17.3 Å². The summed E-state index contributed by atoms with van der Waals surface area (Å²) < 4.78 is 2.95. The molecule has 0 radical (unpaired) electrons. The molecule has 0 bridgehead atoms. The summed E-state index contributed by atoms with van der Waals surface area (Å²) in [5, 5.41) is 4.16. The Morgan fingerprint density at radius 3 is 2.83 bits per heavy atom. The van der Waals surface area contributed by atoms with Crippen molar-refractivity contribution >= 4 is 15.9 Å². The van der Waals surface area contributed by atoms with Crippen LogP contribution in [0, 0.1) is 6.92 Å². The highest BCUT2D eigenvalue weighted by atomic mass is 79.9. The van der Waals surface area contributed by atoms with Gasteiger partial charge in [-0.25, -0.2) is 0 Å². The molecule has 0 aliphatic heterocycles. The van der Waals surface area contributed by atoms with Crippen molar-refractivity contribution in [1.82, 2.24) is 9.78 Å². The summed E-state index contributed by atoms with van der Waals surface area (Å²) in [5.74, 6) is 0. The molecule has 3 nitrogen and oxygen atoms in total. The second-order valence-corrected chi connectivity index (χ2v) is 5.53. The van der Waals surface area contributed by atoms with Crippen molar-refractivity contribution in [3.05, 3.63) is 51.8 Å². The zero-order valence-corrected chi connectivity index (χ0v) is 12.3. The van der Waals surface area contributed by atoms with E-state index in [4.69, 9.17) is 5.73 Å². The van der Waals surface area contributed by atoms with Gasteiger partial charge in [-0.15, -0.1) is 0 Å². The van der Waals surface area contributed by atoms with Crippen LogP contribution in [0.2, 0.25) is 0 Å². The molecule has 18 heavy (non-hydrogen) atoms. The van der Waals surface area contributed by atoms with E-state index in [1.807, 2.05) is 24.1 Å². The van der Waals surface area contributed by atoms with Crippen LogP contribution in [0.4, 0.5) is 0 Å². The Kier molecular flexibility index (Phi) is 4.19. The summed E-state index contributed by atoms with van der Waals surface area (Å²) >= 11 is 3.51. The number of nitrogens with two attached hydrogens (primary N) is 1. The van der Waals surface area contributed by atoms with Crippen LogP contribution in [0.3, 0.4) is 0 Å². The van der Waals surface area contributed by atoms with Crippen LogP contribution in [0.1, 0.15) is 29.2 Å². The van der Waals surface area contributed by atoms with E-state index in [0.29, 0.717) is 0 Å². The fourth-order valence-electron chi connectivity index (χ4n) is 1.99. The Bertz CT molecular complexity index is 534. The van der Waals surface area contributed by atoms with Gasteiger partial charge in [0.05, 0.1) is 6.20 Å². The maximum Gasteiger partial charge on any atom is 0.0521 e. The van der Waals surface area contributed by atoms with Crippen LogP contribution in [0.15, 0.2) is 35.1 Å². The molecular formula is C14H18BrN3. The molecule has 2 aromatic rings. The first kappa shape index (κ1) is 13.3. The van der Waals surface area contributed by atoms with Gasteiger partial charge in [0.1, 0.15) is 0 Å². The highest BCUT2D eigenvalue weighted by Crippen LogP contribution is 2.22. The van der Waals surface area contributed by atoms with Crippen molar-refractivity contribution in [2.24, 2.45) is 12.8 Å². The third kappa shape index (κ3) is 3.21. The molecule has 1 aromatic heterocycles. The van der Waals surface area contributed by atoms with Gasteiger partial charge in [-0.2, -0.15) is 5.10 Å². The van der Waals surface area contributed by atoms with Crippen molar-refractivity contribution in [1.29, 1.82) is 0 Å². The minimum absolute atomic E-state index is 0.0806. The van der Waals surface area contributed by atoms with E-state index in [1.54, 1.807) is 0 Å². The molecule has 0 aliphatic rings. The van der Waals surface area contributed by atoms with Crippen LogP contribution < -0.4 is 5.73 Å². The summed E-state index contributed by atoms with van der Waals surface area (Å²) in [4.78, 5) is 0. The minimum Gasteiger partial charge on any atom is -0.324 e. The summed E-state index contributed by atoms with van der Waals surface area (Å²) in [7, 11) is 1.93. The van der Waals surface area contributed by atoms with E-state index in [2.05, 4.69) is 46.2 Å². The van der Waals surface area contributed by atoms with Gasteiger partial charge in [0.2, 0.25) is 0 Å². The first-order chi connectivity index (χ1) is 8.56. The zero-order chi connectivity index (χ0) is 13.1. The van der Waals surface area contributed by atoms with E-state index in [9.17, 15) is 0 Å². The molecule has 0 aliphatic carbocycles. The smallest absolute Gasteiger partial charge is 0.0521 e. The number of aromatic nitrogens is 2. The third-order valence-electron chi connectivity index (χ3n) is 3.11. The van der Waals surface area contributed by atoms with Crippen molar-refractivity contribution < 1.29 is 0 Å². The maximum absolute atomic E-state index is 6.23. The Balaban J connectivity index is 1.99. The highest BCUT2D eigenvalue weighted by Gasteiger charge is 2.08. The summed E-state index contributed by atoms with van der Waals surface area (Å²) in [6, 6.07) is 6.38. The molecule has 0 fully saturated rings. The Hall–Kier alpha value is -1.13. The number of halogens is 1. The van der Waals surface area contributed by atoms with E-state index < -0.39 is 0 Å². The van der Waals surface area contributed by atoms with Gasteiger partial charge in [-0.1, -0.05) is 28.1 Å². The van der Waals surface area contributed by atoms with Gasteiger partial charge < -0.3 is 5.73 Å². The van der Waals surface area contributed by atoms with Crippen LogP contribution in [0.5, 0.6) is 0 Å². The van der Waals surface area contributed by atoms with Gasteiger partial charge in [0, 0.05) is 23.8 Å². The zero-order valence-electron chi connectivity index (χ0n) is 10.7. The van der Waals surface area contributed by atoms with E-state index in [1.165, 1.54) is 16.7 Å². The molecule has 0 spiro atoms. The van der Waals surface area contributed by atoms with Crippen LogP contribution in [-0.4, -0.2) is 9.78 Å². The molecule has 1 heterocycles. The number of aryl methyl sites for hydroxylation is 3. The molecule has 4 heteroatoms. The lowest BCUT2D eigenvalue weighted by Crippen LogP contribution is -2.11. The second-order valence-electron chi connectivity index (χ2n) is 4.68. The molecule has 2 rings (SSSR count). The Morgan fingerprint density at radius 2 is 2.22 bits per heavy atom. The number of hydrogen-bond acceptors (Lipinski definition) is 2. The quantitative estimate of drug-likeness (QED) is 0.943. The maximum atomic E-state index is 6.23. The highest BCUT2D eigenvalue weighted by molar-refractivity contribution is 9.10. The third-order valence-corrected chi connectivity index (χ3v) is 4.00. The average Bonchev–Trinajstić information content (AvgIpc) is 2.75. The van der Waals surface area contributed by atoms with Gasteiger partial charge in [-0.3, -0.25) is 4.68 Å². The number of hydrogen-bond donors (Lipinski definition) is 1. The number of benzene rings is 1.